The number of ether oxygens (including phenoxy) is 1. The smallest absolute Gasteiger partial charge is 0.255 e. The molecule has 2 amide bonds. The van der Waals surface area contributed by atoms with Gasteiger partial charge in [-0.05, 0) is 61.4 Å². The number of methoxy groups -OCH3 is 1. The number of amides is 2. The molecular formula is C26H26N2O4. The third kappa shape index (κ3) is 4.00. The van der Waals surface area contributed by atoms with Crippen molar-refractivity contribution < 1.29 is 18.7 Å². The number of anilines is 1. The Morgan fingerprint density at radius 2 is 1.91 bits per heavy atom. The molecule has 1 aromatic heterocycles. The fourth-order valence-corrected chi connectivity index (χ4v) is 4.26. The topological polar surface area (TPSA) is 71.8 Å². The van der Waals surface area contributed by atoms with Crippen LogP contribution in [0.3, 0.4) is 0 Å². The molecule has 3 aromatic rings. The second kappa shape index (κ2) is 8.54. The highest BCUT2D eigenvalue weighted by Gasteiger charge is 2.32. The molecule has 0 bridgehead atoms. The molecule has 6 nitrogen and oxygen atoms in total. The van der Waals surface area contributed by atoms with Gasteiger partial charge in [0.05, 0.1) is 7.11 Å². The van der Waals surface area contributed by atoms with Gasteiger partial charge in [-0.1, -0.05) is 12.5 Å². The highest BCUT2D eigenvalue weighted by atomic mass is 16.5. The van der Waals surface area contributed by atoms with Crippen molar-refractivity contribution in [3.8, 4) is 17.1 Å². The molecule has 1 aliphatic heterocycles. The molecule has 0 atom stereocenters. The van der Waals surface area contributed by atoms with E-state index in [1.807, 2.05) is 35.2 Å². The quantitative estimate of drug-likeness (QED) is 0.625. The summed E-state index contributed by atoms with van der Waals surface area (Å²) in [6, 6.07) is 16.7. The van der Waals surface area contributed by atoms with Crippen LogP contribution in [0.2, 0.25) is 0 Å². The minimum absolute atomic E-state index is 0.193. The highest BCUT2D eigenvalue weighted by Crippen LogP contribution is 2.33. The van der Waals surface area contributed by atoms with Gasteiger partial charge < -0.3 is 19.4 Å². The zero-order valence-corrected chi connectivity index (χ0v) is 18.1. The second-order valence-electron chi connectivity index (χ2n) is 8.46. The summed E-state index contributed by atoms with van der Waals surface area (Å²) in [7, 11) is 1.58. The fourth-order valence-electron chi connectivity index (χ4n) is 4.26. The highest BCUT2D eigenvalue weighted by molar-refractivity contribution is 6.04. The van der Waals surface area contributed by atoms with Gasteiger partial charge in [0.15, 0.2) is 0 Å². The van der Waals surface area contributed by atoms with Crippen molar-refractivity contribution in [2.24, 2.45) is 5.92 Å². The van der Waals surface area contributed by atoms with Crippen molar-refractivity contribution in [3.05, 3.63) is 71.5 Å². The van der Waals surface area contributed by atoms with Crippen molar-refractivity contribution in [2.45, 2.75) is 32.2 Å². The monoisotopic (exact) mass is 430 g/mol. The minimum Gasteiger partial charge on any atom is -0.497 e. The van der Waals surface area contributed by atoms with Crippen LogP contribution >= 0.6 is 0 Å². The van der Waals surface area contributed by atoms with Crippen molar-refractivity contribution >= 4 is 17.5 Å². The Kier molecular flexibility index (Phi) is 5.43. The van der Waals surface area contributed by atoms with E-state index in [0.717, 1.165) is 48.5 Å². The van der Waals surface area contributed by atoms with Gasteiger partial charge >= 0.3 is 0 Å². The molecule has 1 aliphatic carbocycles. The molecule has 0 spiro atoms. The van der Waals surface area contributed by atoms with E-state index in [9.17, 15) is 9.59 Å². The lowest BCUT2D eigenvalue weighted by atomic mass is 9.84. The van der Waals surface area contributed by atoms with Crippen LogP contribution in [0.5, 0.6) is 5.75 Å². The lowest BCUT2D eigenvalue weighted by Gasteiger charge is -2.33. The molecule has 32 heavy (non-hydrogen) atoms. The third-order valence-corrected chi connectivity index (χ3v) is 6.39. The largest absolute Gasteiger partial charge is 0.497 e. The van der Waals surface area contributed by atoms with Crippen LogP contribution in [0.4, 0.5) is 5.69 Å². The zero-order chi connectivity index (χ0) is 22.1. The first-order valence-electron chi connectivity index (χ1n) is 11.1. The van der Waals surface area contributed by atoms with E-state index in [4.69, 9.17) is 9.15 Å². The number of rotatable bonds is 5. The van der Waals surface area contributed by atoms with Crippen LogP contribution in [0, 0.1) is 5.92 Å². The number of carbonyl (C=O) groups is 2. The van der Waals surface area contributed by atoms with E-state index in [-0.39, 0.29) is 11.8 Å². The first kappa shape index (κ1) is 20.4. The summed E-state index contributed by atoms with van der Waals surface area (Å²) in [5.74, 6) is 2.72. The summed E-state index contributed by atoms with van der Waals surface area (Å²) in [5.41, 5.74) is 3.27. The van der Waals surface area contributed by atoms with Gasteiger partial charge in [-0.25, -0.2) is 0 Å². The Balaban J connectivity index is 1.26. The predicted octanol–water partition coefficient (Wildman–Crippen LogP) is 4.89. The van der Waals surface area contributed by atoms with Gasteiger partial charge in [-0.2, -0.15) is 0 Å². The van der Waals surface area contributed by atoms with Gasteiger partial charge in [0.1, 0.15) is 17.3 Å². The Morgan fingerprint density at radius 3 is 2.62 bits per heavy atom. The lowest BCUT2D eigenvalue weighted by molar-refractivity contribution is -0.139. The molecule has 1 saturated carbocycles. The Bertz CT molecular complexity index is 1140. The van der Waals surface area contributed by atoms with Crippen LogP contribution in [-0.2, 0) is 17.8 Å². The molecule has 164 valence electrons. The Morgan fingerprint density at radius 1 is 1.09 bits per heavy atom. The van der Waals surface area contributed by atoms with Crippen molar-refractivity contribution in [3.63, 3.8) is 0 Å². The lowest BCUT2D eigenvalue weighted by Crippen LogP contribution is -2.41. The number of furan rings is 1. The molecule has 2 heterocycles. The summed E-state index contributed by atoms with van der Waals surface area (Å²) < 4.78 is 11.3. The van der Waals surface area contributed by atoms with E-state index in [0.29, 0.717) is 29.5 Å². The number of fused-ring (bicyclic) bond motifs is 1. The van der Waals surface area contributed by atoms with Gasteiger partial charge in [-0.15, -0.1) is 0 Å². The molecule has 0 unspecified atom stereocenters. The van der Waals surface area contributed by atoms with Crippen molar-refractivity contribution in [1.29, 1.82) is 0 Å². The SMILES string of the molecule is COc1cccc(C(=O)Nc2ccc(-c3cc4c(o3)CCN(C(=O)C3CCC3)C4)cc2)c1. The number of hydrogen-bond acceptors (Lipinski definition) is 4. The van der Waals surface area contributed by atoms with Crippen LogP contribution in [-0.4, -0.2) is 30.4 Å². The maximum Gasteiger partial charge on any atom is 0.255 e. The molecule has 2 aliphatic rings. The van der Waals surface area contributed by atoms with Crippen molar-refractivity contribution in [1.82, 2.24) is 4.90 Å². The standard InChI is InChI=1S/C26H26N2O4/c1-31-22-7-3-6-19(14-22)25(29)27-21-10-8-17(9-11-21)24-15-20-16-28(13-12-23(20)32-24)26(30)18-4-2-5-18/h3,6-11,14-15,18H,2,4-5,12-13,16H2,1H3,(H,27,29). The van der Waals surface area contributed by atoms with Gasteiger partial charge in [0, 0.05) is 47.8 Å². The van der Waals surface area contributed by atoms with E-state index in [2.05, 4.69) is 5.32 Å². The number of nitrogens with one attached hydrogen (secondary N) is 1. The summed E-state index contributed by atoms with van der Waals surface area (Å²) in [6.45, 7) is 1.35. The summed E-state index contributed by atoms with van der Waals surface area (Å²) >= 11 is 0. The zero-order valence-electron chi connectivity index (χ0n) is 18.1. The Hall–Kier alpha value is -3.54. The maximum absolute atomic E-state index is 12.6. The predicted molar refractivity (Wildman–Crippen MR) is 122 cm³/mol. The third-order valence-electron chi connectivity index (χ3n) is 6.39. The molecule has 1 fully saturated rings. The van der Waals surface area contributed by atoms with Crippen LogP contribution in [0.25, 0.3) is 11.3 Å². The van der Waals surface area contributed by atoms with E-state index >= 15 is 0 Å². The summed E-state index contributed by atoms with van der Waals surface area (Å²) in [4.78, 5) is 27.1. The number of nitrogens with zero attached hydrogens (tertiary/aromatic N) is 1. The van der Waals surface area contributed by atoms with E-state index < -0.39 is 0 Å². The summed E-state index contributed by atoms with van der Waals surface area (Å²) in [6.07, 6.45) is 3.98. The summed E-state index contributed by atoms with van der Waals surface area (Å²) in [5, 5.41) is 2.91. The normalized spacial score (nSPS) is 15.6. The minimum atomic E-state index is -0.193. The van der Waals surface area contributed by atoms with Crippen LogP contribution in [0.1, 0.15) is 40.9 Å². The number of hydrogen-bond donors (Lipinski definition) is 1. The molecule has 6 heteroatoms. The number of carbonyl (C=O) groups excluding carboxylic acids is 2. The van der Waals surface area contributed by atoms with Gasteiger partial charge in [-0.3, -0.25) is 9.59 Å². The first-order chi connectivity index (χ1) is 15.6. The van der Waals surface area contributed by atoms with Crippen molar-refractivity contribution in [2.75, 3.05) is 19.0 Å². The molecule has 0 radical (unpaired) electrons. The average Bonchev–Trinajstić information content (AvgIpc) is 3.22. The van der Waals surface area contributed by atoms with Crippen LogP contribution in [0.15, 0.2) is 59.0 Å². The molecule has 0 saturated heterocycles. The van der Waals surface area contributed by atoms with Gasteiger partial charge in [0.25, 0.3) is 5.91 Å². The molecule has 5 rings (SSSR count). The Labute approximate surface area is 187 Å². The molecular weight excluding hydrogens is 404 g/mol. The van der Waals surface area contributed by atoms with E-state index in [1.165, 1.54) is 6.42 Å². The second-order valence-corrected chi connectivity index (χ2v) is 8.46. The average molecular weight is 431 g/mol. The maximum atomic E-state index is 12.6. The first-order valence-corrected chi connectivity index (χ1v) is 11.1. The fraction of sp³-hybridized carbons (Fsp3) is 0.308. The molecule has 2 aromatic carbocycles. The van der Waals surface area contributed by atoms with Gasteiger partial charge in [0.2, 0.25) is 5.91 Å². The number of benzene rings is 2. The molecule has 1 N–H and O–H groups in total. The van der Waals surface area contributed by atoms with E-state index in [1.54, 1.807) is 31.4 Å². The van der Waals surface area contributed by atoms with Crippen LogP contribution < -0.4 is 10.1 Å².